The Morgan fingerprint density at radius 2 is 2.22 bits per heavy atom. The summed E-state index contributed by atoms with van der Waals surface area (Å²) in [5, 5.41) is 9.76. The number of aryl methyl sites for hydroxylation is 1. The Hall–Kier alpha value is -1.21. The van der Waals surface area contributed by atoms with Crippen molar-refractivity contribution in [2.24, 2.45) is 0 Å². The topological polar surface area (TPSA) is 69.6 Å². The fraction of sp³-hybridized carbons (Fsp3) is 0.727. The van der Waals surface area contributed by atoms with Crippen LogP contribution >= 0.6 is 11.5 Å². The van der Waals surface area contributed by atoms with E-state index < -0.39 is 5.97 Å². The molecule has 0 amide bonds. The van der Waals surface area contributed by atoms with E-state index in [1.54, 1.807) is 0 Å². The van der Waals surface area contributed by atoms with Crippen LogP contribution in [0.1, 0.15) is 19.2 Å². The molecule has 100 valence electrons. The summed E-state index contributed by atoms with van der Waals surface area (Å²) >= 11 is 1.44. The lowest BCUT2D eigenvalue weighted by Gasteiger charge is -2.19. The number of carbonyl (C=O) groups is 1. The van der Waals surface area contributed by atoms with Crippen LogP contribution in [0.5, 0.6) is 0 Å². The standard InChI is InChI=1S/C11H18N4O2S/c1-2-9-12-11(18-13-9)15-5-3-4-14(6-7-15)8-10(16)17/h2-8H2,1H3,(H,16,17). The average molecular weight is 270 g/mol. The van der Waals surface area contributed by atoms with Gasteiger partial charge in [-0.1, -0.05) is 6.92 Å². The molecular weight excluding hydrogens is 252 g/mol. The van der Waals surface area contributed by atoms with Crippen molar-refractivity contribution < 1.29 is 9.90 Å². The van der Waals surface area contributed by atoms with Crippen LogP contribution in [-0.4, -0.2) is 58.1 Å². The zero-order chi connectivity index (χ0) is 13.0. The van der Waals surface area contributed by atoms with Crippen LogP contribution in [0.25, 0.3) is 0 Å². The number of anilines is 1. The van der Waals surface area contributed by atoms with Crippen molar-refractivity contribution in [3.63, 3.8) is 0 Å². The lowest BCUT2D eigenvalue weighted by atomic mass is 10.4. The zero-order valence-electron chi connectivity index (χ0n) is 10.5. The summed E-state index contributed by atoms with van der Waals surface area (Å²) in [6.07, 6.45) is 1.82. The highest BCUT2D eigenvalue weighted by molar-refractivity contribution is 7.09. The highest BCUT2D eigenvalue weighted by atomic mass is 32.1. The number of aromatic nitrogens is 2. The summed E-state index contributed by atoms with van der Waals surface area (Å²) in [5.74, 6) is 0.134. The van der Waals surface area contributed by atoms with Crippen molar-refractivity contribution in [2.75, 3.05) is 37.6 Å². The molecule has 0 aliphatic carbocycles. The maximum atomic E-state index is 10.7. The van der Waals surface area contributed by atoms with Gasteiger partial charge in [-0.2, -0.15) is 4.37 Å². The summed E-state index contributed by atoms with van der Waals surface area (Å²) < 4.78 is 4.29. The van der Waals surface area contributed by atoms with E-state index in [-0.39, 0.29) is 6.54 Å². The third-order valence-electron chi connectivity index (χ3n) is 2.99. The van der Waals surface area contributed by atoms with E-state index in [9.17, 15) is 4.79 Å². The molecule has 1 aromatic heterocycles. The first-order chi connectivity index (χ1) is 8.69. The van der Waals surface area contributed by atoms with E-state index in [0.29, 0.717) is 0 Å². The highest BCUT2D eigenvalue weighted by Crippen LogP contribution is 2.19. The summed E-state index contributed by atoms with van der Waals surface area (Å²) in [6.45, 7) is 5.53. The number of nitrogens with zero attached hydrogens (tertiary/aromatic N) is 4. The molecular formula is C11H18N4O2S. The average Bonchev–Trinajstić information content (AvgIpc) is 2.70. The molecule has 1 aromatic rings. The van der Waals surface area contributed by atoms with Crippen LogP contribution in [0.15, 0.2) is 0 Å². The molecule has 1 aliphatic heterocycles. The van der Waals surface area contributed by atoms with E-state index in [1.165, 1.54) is 11.5 Å². The van der Waals surface area contributed by atoms with Crippen molar-refractivity contribution in [3.8, 4) is 0 Å². The van der Waals surface area contributed by atoms with Crippen LogP contribution in [0.4, 0.5) is 5.13 Å². The summed E-state index contributed by atoms with van der Waals surface area (Å²) in [7, 11) is 0. The van der Waals surface area contributed by atoms with Crippen molar-refractivity contribution >= 4 is 22.6 Å². The lowest BCUT2D eigenvalue weighted by molar-refractivity contribution is -0.138. The lowest BCUT2D eigenvalue weighted by Crippen LogP contribution is -2.34. The first kappa shape index (κ1) is 13.2. The van der Waals surface area contributed by atoms with Gasteiger partial charge in [-0.05, 0) is 6.42 Å². The molecule has 0 saturated carbocycles. The molecule has 0 atom stereocenters. The van der Waals surface area contributed by atoms with Crippen LogP contribution in [0.3, 0.4) is 0 Å². The van der Waals surface area contributed by atoms with Crippen molar-refractivity contribution in [1.82, 2.24) is 14.3 Å². The van der Waals surface area contributed by atoms with Crippen LogP contribution in [0.2, 0.25) is 0 Å². The number of carboxylic acid groups (broad SMARTS) is 1. The van der Waals surface area contributed by atoms with E-state index in [2.05, 4.69) is 14.3 Å². The van der Waals surface area contributed by atoms with E-state index in [4.69, 9.17) is 5.11 Å². The molecule has 18 heavy (non-hydrogen) atoms. The fourth-order valence-corrected chi connectivity index (χ4v) is 2.83. The Labute approximate surface area is 110 Å². The van der Waals surface area contributed by atoms with Gasteiger partial charge in [0.2, 0.25) is 5.13 Å². The number of carboxylic acids is 1. The van der Waals surface area contributed by atoms with Crippen molar-refractivity contribution in [3.05, 3.63) is 5.82 Å². The molecule has 0 unspecified atom stereocenters. The monoisotopic (exact) mass is 270 g/mol. The molecule has 0 bridgehead atoms. The van der Waals surface area contributed by atoms with Gasteiger partial charge in [-0.3, -0.25) is 9.69 Å². The second-order valence-corrected chi connectivity index (χ2v) is 5.09. The molecule has 1 aliphatic rings. The Morgan fingerprint density at radius 1 is 1.39 bits per heavy atom. The quantitative estimate of drug-likeness (QED) is 0.868. The molecule has 1 fully saturated rings. The first-order valence-corrected chi connectivity index (χ1v) is 6.98. The van der Waals surface area contributed by atoms with E-state index in [1.807, 2.05) is 11.8 Å². The number of aliphatic carboxylic acids is 1. The molecule has 2 rings (SSSR count). The summed E-state index contributed by atoms with van der Waals surface area (Å²) in [6, 6.07) is 0. The SMILES string of the molecule is CCc1nsc(N2CCCN(CC(=O)O)CC2)n1. The Kier molecular flexibility index (Phi) is 4.48. The molecule has 6 nitrogen and oxygen atoms in total. The van der Waals surface area contributed by atoms with Crippen molar-refractivity contribution in [2.45, 2.75) is 19.8 Å². The maximum Gasteiger partial charge on any atom is 0.317 e. The molecule has 7 heteroatoms. The van der Waals surface area contributed by atoms with Crippen LogP contribution in [0, 0.1) is 0 Å². The van der Waals surface area contributed by atoms with E-state index >= 15 is 0 Å². The van der Waals surface area contributed by atoms with Crippen LogP contribution < -0.4 is 4.90 Å². The van der Waals surface area contributed by atoms with Crippen LogP contribution in [-0.2, 0) is 11.2 Å². The largest absolute Gasteiger partial charge is 0.480 e. The second-order valence-electron chi connectivity index (χ2n) is 4.36. The smallest absolute Gasteiger partial charge is 0.317 e. The van der Waals surface area contributed by atoms with Gasteiger partial charge in [0.15, 0.2) is 0 Å². The summed E-state index contributed by atoms with van der Waals surface area (Å²) in [5.41, 5.74) is 0. The Balaban J connectivity index is 1.94. The predicted octanol–water partition coefficient (Wildman–Crippen LogP) is 0.697. The summed E-state index contributed by atoms with van der Waals surface area (Å²) in [4.78, 5) is 19.4. The minimum atomic E-state index is -0.757. The Bertz CT molecular complexity index is 410. The fourth-order valence-electron chi connectivity index (χ4n) is 2.03. The number of hydrogen-bond acceptors (Lipinski definition) is 6. The number of hydrogen-bond donors (Lipinski definition) is 1. The minimum Gasteiger partial charge on any atom is -0.480 e. The zero-order valence-corrected chi connectivity index (χ0v) is 11.3. The molecule has 2 heterocycles. The van der Waals surface area contributed by atoms with Gasteiger partial charge in [0.25, 0.3) is 0 Å². The molecule has 1 saturated heterocycles. The van der Waals surface area contributed by atoms with Gasteiger partial charge in [-0.15, -0.1) is 0 Å². The van der Waals surface area contributed by atoms with Gasteiger partial charge in [0, 0.05) is 44.1 Å². The maximum absolute atomic E-state index is 10.7. The first-order valence-electron chi connectivity index (χ1n) is 6.20. The Morgan fingerprint density at radius 3 is 2.89 bits per heavy atom. The molecule has 0 radical (unpaired) electrons. The predicted molar refractivity (Wildman–Crippen MR) is 70.2 cm³/mol. The van der Waals surface area contributed by atoms with Gasteiger partial charge in [-0.25, -0.2) is 4.98 Å². The molecule has 0 spiro atoms. The van der Waals surface area contributed by atoms with Gasteiger partial charge in [0.05, 0.1) is 6.54 Å². The highest BCUT2D eigenvalue weighted by Gasteiger charge is 2.19. The molecule has 0 aromatic carbocycles. The third-order valence-corrected chi connectivity index (χ3v) is 3.81. The normalized spacial score (nSPS) is 17.7. The van der Waals surface area contributed by atoms with Gasteiger partial charge >= 0.3 is 5.97 Å². The minimum absolute atomic E-state index is 0.129. The van der Waals surface area contributed by atoms with E-state index in [0.717, 1.165) is 50.0 Å². The van der Waals surface area contributed by atoms with Gasteiger partial charge < -0.3 is 10.0 Å². The number of rotatable bonds is 4. The molecule has 1 N–H and O–H groups in total. The van der Waals surface area contributed by atoms with Crippen molar-refractivity contribution in [1.29, 1.82) is 0 Å². The third kappa shape index (κ3) is 3.39. The second kappa shape index (κ2) is 6.10. The van der Waals surface area contributed by atoms with Gasteiger partial charge in [0.1, 0.15) is 5.82 Å².